The minimum atomic E-state index is -0.196. The maximum Gasteiger partial charge on any atom is 0.0838 e. The first-order valence-corrected chi connectivity index (χ1v) is 8.56. The standard InChI is InChI=1S/C17H25Cl2NO/c1-3-21-17(8-4-5-12(2)11-17)16(20)10-13-6-7-14(18)15(19)9-13/h6-7,9,12,16H,3-5,8,10-11,20H2,1-2H3. The van der Waals surface area contributed by atoms with Crippen LogP contribution in [-0.4, -0.2) is 18.2 Å². The smallest absolute Gasteiger partial charge is 0.0838 e. The molecule has 1 aliphatic rings. The SMILES string of the molecule is CCOC1(C(N)Cc2ccc(Cl)c(Cl)c2)CCCC(C)C1. The zero-order valence-corrected chi connectivity index (χ0v) is 14.4. The summed E-state index contributed by atoms with van der Waals surface area (Å²) in [4.78, 5) is 0. The highest BCUT2D eigenvalue weighted by Gasteiger charge is 2.40. The minimum Gasteiger partial charge on any atom is -0.374 e. The summed E-state index contributed by atoms with van der Waals surface area (Å²) in [6, 6.07) is 5.73. The van der Waals surface area contributed by atoms with Gasteiger partial charge in [-0.15, -0.1) is 0 Å². The van der Waals surface area contributed by atoms with E-state index in [0.717, 1.165) is 24.8 Å². The molecule has 2 rings (SSSR count). The molecular weight excluding hydrogens is 305 g/mol. The average molecular weight is 330 g/mol. The zero-order valence-electron chi connectivity index (χ0n) is 12.9. The van der Waals surface area contributed by atoms with E-state index >= 15 is 0 Å². The minimum absolute atomic E-state index is 0.0163. The molecule has 2 N–H and O–H groups in total. The van der Waals surface area contributed by atoms with Crippen LogP contribution in [0.1, 0.15) is 45.1 Å². The van der Waals surface area contributed by atoms with Gasteiger partial charge in [0.05, 0.1) is 15.6 Å². The molecule has 0 bridgehead atoms. The van der Waals surface area contributed by atoms with Crippen molar-refractivity contribution >= 4 is 23.2 Å². The van der Waals surface area contributed by atoms with Crippen LogP contribution in [0, 0.1) is 5.92 Å². The largest absolute Gasteiger partial charge is 0.374 e. The van der Waals surface area contributed by atoms with Crippen molar-refractivity contribution in [2.24, 2.45) is 11.7 Å². The molecule has 4 heteroatoms. The van der Waals surface area contributed by atoms with Crippen molar-refractivity contribution < 1.29 is 4.74 Å². The molecular formula is C17H25Cl2NO. The van der Waals surface area contributed by atoms with Gasteiger partial charge in [0.1, 0.15) is 0 Å². The van der Waals surface area contributed by atoms with E-state index in [4.69, 9.17) is 33.7 Å². The lowest BCUT2D eigenvalue weighted by Gasteiger charge is -2.44. The Kier molecular flexibility index (Phi) is 5.96. The van der Waals surface area contributed by atoms with Crippen molar-refractivity contribution in [3.05, 3.63) is 33.8 Å². The maximum absolute atomic E-state index is 6.55. The van der Waals surface area contributed by atoms with Crippen molar-refractivity contribution in [1.82, 2.24) is 0 Å². The summed E-state index contributed by atoms with van der Waals surface area (Å²) in [7, 11) is 0. The molecule has 21 heavy (non-hydrogen) atoms. The maximum atomic E-state index is 6.55. The molecule has 0 spiro atoms. The fourth-order valence-electron chi connectivity index (χ4n) is 3.51. The summed E-state index contributed by atoms with van der Waals surface area (Å²) in [5.74, 6) is 0.671. The van der Waals surface area contributed by atoms with Crippen LogP contribution in [-0.2, 0) is 11.2 Å². The topological polar surface area (TPSA) is 35.2 Å². The van der Waals surface area contributed by atoms with Crippen LogP contribution in [0.4, 0.5) is 0 Å². The van der Waals surface area contributed by atoms with Crippen molar-refractivity contribution in [3.8, 4) is 0 Å². The Bertz CT molecular complexity index is 476. The quantitative estimate of drug-likeness (QED) is 0.838. The second kappa shape index (κ2) is 7.32. The summed E-state index contributed by atoms with van der Waals surface area (Å²) in [6.07, 6.45) is 5.32. The molecule has 3 atom stereocenters. The number of benzene rings is 1. The first kappa shape index (κ1) is 17.1. The Hall–Kier alpha value is -0.280. The van der Waals surface area contributed by atoms with Crippen molar-refractivity contribution in [2.75, 3.05) is 6.61 Å². The molecule has 3 unspecified atom stereocenters. The van der Waals surface area contributed by atoms with E-state index in [9.17, 15) is 0 Å². The lowest BCUT2D eigenvalue weighted by molar-refractivity contribution is -0.0925. The van der Waals surface area contributed by atoms with E-state index in [-0.39, 0.29) is 11.6 Å². The number of hydrogen-bond donors (Lipinski definition) is 1. The van der Waals surface area contributed by atoms with Crippen LogP contribution in [0.25, 0.3) is 0 Å². The summed E-state index contributed by atoms with van der Waals surface area (Å²) in [5.41, 5.74) is 7.47. The normalized spacial score (nSPS) is 27.6. The lowest BCUT2D eigenvalue weighted by atomic mass is 9.73. The lowest BCUT2D eigenvalue weighted by Crippen LogP contribution is -2.53. The van der Waals surface area contributed by atoms with Gasteiger partial charge in [0.2, 0.25) is 0 Å². The van der Waals surface area contributed by atoms with Crippen LogP contribution in [0.15, 0.2) is 18.2 Å². The van der Waals surface area contributed by atoms with Crippen LogP contribution in [0.2, 0.25) is 10.0 Å². The molecule has 0 saturated heterocycles. The van der Waals surface area contributed by atoms with Crippen LogP contribution in [0.3, 0.4) is 0 Å². The fourth-order valence-corrected chi connectivity index (χ4v) is 3.83. The molecule has 2 nitrogen and oxygen atoms in total. The van der Waals surface area contributed by atoms with Gasteiger partial charge in [0.15, 0.2) is 0 Å². The molecule has 0 aromatic heterocycles. The first-order valence-electron chi connectivity index (χ1n) is 7.80. The summed E-state index contributed by atoms with van der Waals surface area (Å²) in [5, 5.41) is 1.17. The Morgan fingerprint density at radius 2 is 2.14 bits per heavy atom. The van der Waals surface area contributed by atoms with E-state index in [2.05, 4.69) is 6.92 Å². The number of rotatable bonds is 5. The molecule has 1 fully saturated rings. The van der Waals surface area contributed by atoms with Crippen molar-refractivity contribution in [3.63, 3.8) is 0 Å². The van der Waals surface area contributed by atoms with E-state index in [1.807, 2.05) is 25.1 Å². The summed E-state index contributed by atoms with van der Waals surface area (Å²) in [6.45, 7) is 5.05. The molecule has 1 aliphatic carbocycles. The third-order valence-electron chi connectivity index (χ3n) is 4.54. The van der Waals surface area contributed by atoms with E-state index < -0.39 is 0 Å². The predicted molar refractivity (Wildman–Crippen MR) is 90.1 cm³/mol. The van der Waals surface area contributed by atoms with Gasteiger partial charge in [0.25, 0.3) is 0 Å². The van der Waals surface area contributed by atoms with Gasteiger partial charge in [-0.05, 0) is 49.8 Å². The monoisotopic (exact) mass is 329 g/mol. The molecule has 0 aliphatic heterocycles. The fraction of sp³-hybridized carbons (Fsp3) is 0.647. The van der Waals surface area contributed by atoms with Crippen molar-refractivity contribution in [1.29, 1.82) is 0 Å². The van der Waals surface area contributed by atoms with Gasteiger partial charge in [-0.25, -0.2) is 0 Å². The van der Waals surface area contributed by atoms with Gasteiger partial charge in [-0.3, -0.25) is 0 Å². The van der Waals surface area contributed by atoms with Gasteiger partial charge in [0, 0.05) is 12.6 Å². The highest BCUT2D eigenvalue weighted by atomic mass is 35.5. The average Bonchev–Trinajstić information content (AvgIpc) is 2.43. The number of halogens is 2. The number of nitrogens with two attached hydrogens (primary N) is 1. The molecule has 1 saturated carbocycles. The Morgan fingerprint density at radius 1 is 1.38 bits per heavy atom. The van der Waals surface area contributed by atoms with Gasteiger partial charge in [-0.1, -0.05) is 49.0 Å². The van der Waals surface area contributed by atoms with Crippen LogP contribution >= 0.6 is 23.2 Å². The second-order valence-electron chi connectivity index (χ2n) is 6.26. The summed E-state index contributed by atoms with van der Waals surface area (Å²) < 4.78 is 6.14. The van der Waals surface area contributed by atoms with Crippen LogP contribution in [0.5, 0.6) is 0 Å². The molecule has 118 valence electrons. The second-order valence-corrected chi connectivity index (χ2v) is 7.07. The molecule has 0 amide bonds. The Balaban J connectivity index is 2.14. The Labute approximate surface area is 137 Å². The van der Waals surface area contributed by atoms with Crippen molar-refractivity contribution in [2.45, 2.75) is 57.6 Å². The molecule has 0 radical (unpaired) electrons. The first-order chi connectivity index (χ1) is 9.97. The third kappa shape index (κ3) is 4.13. The van der Waals surface area contributed by atoms with Gasteiger partial charge < -0.3 is 10.5 Å². The highest BCUT2D eigenvalue weighted by Crippen LogP contribution is 2.38. The van der Waals surface area contributed by atoms with E-state index in [1.165, 1.54) is 12.8 Å². The number of hydrogen-bond acceptors (Lipinski definition) is 2. The zero-order chi connectivity index (χ0) is 15.5. The van der Waals surface area contributed by atoms with E-state index in [1.54, 1.807) is 0 Å². The molecule has 1 aromatic carbocycles. The predicted octanol–water partition coefficient (Wildman–Crippen LogP) is 4.85. The third-order valence-corrected chi connectivity index (χ3v) is 5.28. The van der Waals surface area contributed by atoms with Crippen LogP contribution < -0.4 is 5.73 Å². The highest BCUT2D eigenvalue weighted by molar-refractivity contribution is 6.42. The molecule has 1 aromatic rings. The van der Waals surface area contributed by atoms with Gasteiger partial charge >= 0.3 is 0 Å². The Morgan fingerprint density at radius 3 is 2.76 bits per heavy atom. The summed E-state index contributed by atoms with van der Waals surface area (Å²) >= 11 is 12.1. The van der Waals surface area contributed by atoms with Gasteiger partial charge in [-0.2, -0.15) is 0 Å². The van der Waals surface area contributed by atoms with E-state index in [0.29, 0.717) is 22.6 Å². The number of ether oxygens (including phenoxy) is 1. The molecule has 0 heterocycles.